The first-order valence-corrected chi connectivity index (χ1v) is 14.3. The summed E-state index contributed by atoms with van der Waals surface area (Å²) in [5, 5.41) is 2.69. The molecular formula is C26H25N5O5S2. The number of nitrogens with one attached hydrogen (secondary N) is 2. The van der Waals surface area contributed by atoms with E-state index < -0.39 is 26.0 Å². The van der Waals surface area contributed by atoms with Crippen molar-refractivity contribution in [3.63, 3.8) is 0 Å². The molecule has 1 amide bonds. The Bertz CT molecular complexity index is 1670. The molecule has 0 saturated heterocycles. The average molecular weight is 552 g/mol. The fourth-order valence-corrected chi connectivity index (χ4v) is 5.57. The monoisotopic (exact) mass is 551 g/mol. The molecule has 12 heteroatoms. The SMILES string of the molecule is Cc1ccc(S(=O)(=O)N(C)c2ccc(C(=O)Nc3ccc(S(=O)(=O)Nc4nccc(C)n4)cc3)cc2)cc1. The molecule has 0 unspecified atom stereocenters. The molecule has 0 atom stereocenters. The molecule has 1 aromatic heterocycles. The number of carbonyl (C=O) groups excluding carboxylic acids is 1. The van der Waals surface area contributed by atoms with Gasteiger partial charge >= 0.3 is 0 Å². The lowest BCUT2D eigenvalue weighted by Crippen LogP contribution is -2.26. The summed E-state index contributed by atoms with van der Waals surface area (Å²) < 4.78 is 54.5. The molecule has 1 heterocycles. The van der Waals surface area contributed by atoms with Crippen LogP contribution >= 0.6 is 0 Å². The zero-order valence-corrected chi connectivity index (χ0v) is 22.4. The average Bonchev–Trinajstić information content (AvgIpc) is 2.88. The zero-order chi connectivity index (χ0) is 27.5. The highest BCUT2D eigenvalue weighted by atomic mass is 32.2. The molecule has 3 aromatic carbocycles. The summed E-state index contributed by atoms with van der Waals surface area (Å²) in [7, 11) is -6.23. The van der Waals surface area contributed by atoms with Gasteiger partial charge in [0, 0.05) is 30.2 Å². The minimum atomic E-state index is -3.92. The molecule has 0 spiro atoms. The van der Waals surface area contributed by atoms with Crippen molar-refractivity contribution in [2.45, 2.75) is 23.6 Å². The molecule has 38 heavy (non-hydrogen) atoms. The van der Waals surface area contributed by atoms with Crippen molar-refractivity contribution in [1.29, 1.82) is 0 Å². The van der Waals surface area contributed by atoms with E-state index in [1.54, 1.807) is 37.3 Å². The van der Waals surface area contributed by atoms with Crippen molar-refractivity contribution in [2.24, 2.45) is 0 Å². The highest BCUT2D eigenvalue weighted by molar-refractivity contribution is 7.93. The topological polar surface area (TPSA) is 138 Å². The number of hydrogen-bond acceptors (Lipinski definition) is 7. The molecule has 0 aliphatic rings. The third-order valence-corrected chi connectivity index (χ3v) is 8.76. The molecule has 10 nitrogen and oxygen atoms in total. The van der Waals surface area contributed by atoms with Crippen molar-refractivity contribution >= 4 is 43.3 Å². The van der Waals surface area contributed by atoms with E-state index in [0.29, 0.717) is 22.6 Å². The van der Waals surface area contributed by atoms with E-state index in [-0.39, 0.29) is 15.7 Å². The standard InChI is InChI=1S/C26H25N5O5S2/c1-18-4-12-24(13-5-18)38(35,36)31(3)22-10-6-20(7-11-22)25(32)29-21-8-14-23(15-9-21)37(33,34)30-26-27-17-16-19(2)28-26/h4-17H,1-3H3,(H,29,32)(H,27,28,30). The van der Waals surface area contributed by atoms with E-state index in [2.05, 4.69) is 20.0 Å². The lowest BCUT2D eigenvalue weighted by molar-refractivity contribution is 0.102. The molecular weight excluding hydrogens is 526 g/mol. The molecule has 0 bridgehead atoms. The molecule has 0 fully saturated rings. The summed E-state index contributed by atoms with van der Waals surface area (Å²) in [5.74, 6) is -0.481. The summed E-state index contributed by atoms with van der Waals surface area (Å²) in [4.78, 5) is 20.8. The molecule has 2 N–H and O–H groups in total. The number of aromatic nitrogens is 2. The minimum Gasteiger partial charge on any atom is -0.322 e. The van der Waals surface area contributed by atoms with Crippen LogP contribution in [0.3, 0.4) is 0 Å². The fourth-order valence-electron chi connectivity index (χ4n) is 3.43. The number of benzene rings is 3. The van der Waals surface area contributed by atoms with Gasteiger partial charge in [-0.2, -0.15) is 0 Å². The van der Waals surface area contributed by atoms with Gasteiger partial charge in [0.25, 0.3) is 26.0 Å². The summed E-state index contributed by atoms with van der Waals surface area (Å²) in [5.41, 5.74) is 2.63. The van der Waals surface area contributed by atoms with Crippen LogP contribution in [0, 0.1) is 13.8 Å². The van der Waals surface area contributed by atoms with Gasteiger partial charge in [0.05, 0.1) is 15.5 Å². The number of anilines is 3. The van der Waals surface area contributed by atoms with Crippen LogP contribution in [0.4, 0.5) is 17.3 Å². The van der Waals surface area contributed by atoms with Crippen LogP contribution in [-0.4, -0.2) is 39.8 Å². The number of amides is 1. The third kappa shape index (κ3) is 5.98. The summed E-state index contributed by atoms with van der Waals surface area (Å²) in [6, 6.07) is 19.9. The van der Waals surface area contributed by atoms with Gasteiger partial charge in [0.15, 0.2) is 0 Å². The molecule has 4 aromatic rings. The van der Waals surface area contributed by atoms with E-state index >= 15 is 0 Å². The molecule has 4 rings (SSSR count). The van der Waals surface area contributed by atoms with Crippen LogP contribution in [0.25, 0.3) is 0 Å². The second kappa shape index (κ2) is 10.6. The van der Waals surface area contributed by atoms with Crippen LogP contribution in [0.1, 0.15) is 21.6 Å². The summed E-state index contributed by atoms with van der Waals surface area (Å²) in [6.45, 7) is 3.59. The lowest BCUT2D eigenvalue weighted by atomic mass is 10.2. The Hall–Kier alpha value is -4.29. The Morgan fingerprint density at radius 1 is 0.789 bits per heavy atom. The van der Waals surface area contributed by atoms with Gasteiger partial charge in [-0.3, -0.25) is 9.10 Å². The van der Waals surface area contributed by atoms with Crippen molar-refractivity contribution in [3.05, 3.63) is 102 Å². The van der Waals surface area contributed by atoms with Crippen LogP contribution in [-0.2, 0) is 20.0 Å². The first-order chi connectivity index (χ1) is 18.0. The van der Waals surface area contributed by atoms with Gasteiger partial charge in [-0.15, -0.1) is 0 Å². The maximum absolute atomic E-state index is 12.9. The Kier molecular flexibility index (Phi) is 7.46. The third-order valence-electron chi connectivity index (χ3n) is 5.62. The lowest BCUT2D eigenvalue weighted by Gasteiger charge is -2.20. The normalized spacial score (nSPS) is 11.6. The largest absolute Gasteiger partial charge is 0.322 e. The Balaban J connectivity index is 1.43. The number of nitrogens with zero attached hydrogens (tertiary/aromatic N) is 3. The van der Waals surface area contributed by atoms with Crippen molar-refractivity contribution in [1.82, 2.24) is 9.97 Å². The van der Waals surface area contributed by atoms with Crippen LogP contribution < -0.4 is 14.3 Å². The maximum atomic E-state index is 12.9. The van der Waals surface area contributed by atoms with E-state index in [9.17, 15) is 21.6 Å². The maximum Gasteiger partial charge on any atom is 0.264 e. The van der Waals surface area contributed by atoms with Gasteiger partial charge in [0.2, 0.25) is 5.95 Å². The van der Waals surface area contributed by atoms with Crippen molar-refractivity contribution in [2.75, 3.05) is 21.4 Å². The molecule has 196 valence electrons. The van der Waals surface area contributed by atoms with Gasteiger partial charge in [0.1, 0.15) is 0 Å². The van der Waals surface area contributed by atoms with Crippen molar-refractivity contribution < 1.29 is 21.6 Å². The second-order valence-electron chi connectivity index (χ2n) is 8.44. The van der Waals surface area contributed by atoms with Crippen LogP contribution in [0.5, 0.6) is 0 Å². The molecule has 0 aliphatic carbocycles. The van der Waals surface area contributed by atoms with Gasteiger partial charge in [-0.25, -0.2) is 31.5 Å². The van der Waals surface area contributed by atoms with Gasteiger partial charge in [-0.1, -0.05) is 17.7 Å². The Morgan fingerprint density at radius 3 is 2.00 bits per heavy atom. The number of rotatable bonds is 8. The van der Waals surface area contributed by atoms with Gasteiger partial charge < -0.3 is 5.32 Å². The first kappa shape index (κ1) is 26.8. The number of sulfonamides is 2. The Labute approximate surface area is 221 Å². The number of hydrogen-bond donors (Lipinski definition) is 2. The quantitative estimate of drug-likeness (QED) is 0.338. The summed E-state index contributed by atoms with van der Waals surface area (Å²) in [6.07, 6.45) is 1.45. The van der Waals surface area contributed by atoms with E-state index in [4.69, 9.17) is 0 Å². The van der Waals surface area contributed by atoms with Crippen LogP contribution in [0.2, 0.25) is 0 Å². The van der Waals surface area contributed by atoms with Crippen molar-refractivity contribution in [3.8, 4) is 0 Å². The van der Waals surface area contributed by atoms with E-state index in [1.165, 1.54) is 61.8 Å². The highest BCUT2D eigenvalue weighted by Crippen LogP contribution is 2.23. The Morgan fingerprint density at radius 2 is 1.39 bits per heavy atom. The van der Waals surface area contributed by atoms with E-state index in [0.717, 1.165) is 9.87 Å². The molecule has 0 radical (unpaired) electrons. The van der Waals surface area contributed by atoms with E-state index in [1.807, 2.05) is 6.92 Å². The molecule has 0 saturated carbocycles. The first-order valence-electron chi connectivity index (χ1n) is 11.4. The number of aryl methyl sites for hydroxylation is 2. The summed E-state index contributed by atoms with van der Waals surface area (Å²) >= 11 is 0. The predicted molar refractivity (Wildman–Crippen MR) is 145 cm³/mol. The second-order valence-corrected chi connectivity index (χ2v) is 12.1. The number of carbonyl (C=O) groups is 1. The minimum absolute atomic E-state index is 0.0252. The van der Waals surface area contributed by atoms with Gasteiger partial charge in [-0.05, 0) is 80.6 Å². The smallest absolute Gasteiger partial charge is 0.264 e. The highest BCUT2D eigenvalue weighted by Gasteiger charge is 2.21. The zero-order valence-electron chi connectivity index (χ0n) is 20.8. The van der Waals surface area contributed by atoms with Crippen LogP contribution in [0.15, 0.2) is 94.9 Å². The fraction of sp³-hybridized carbons (Fsp3) is 0.115. The molecule has 0 aliphatic heterocycles. The predicted octanol–water partition coefficient (Wildman–Crippen LogP) is 3.97.